The van der Waals surface area contributed by atoms with Crippen LogP contribution in [0.4, 0.5) is 0 Å². The molecule has 17 heavy (non-hydrogen) atoms. The molecule has 1 atom stereocenters. The molecule has 3 heteroatoms. The minimum atomic E-state index is 0.416. The molecule has 2 heterocycles. The smallest absolute Gasteiger partial charge is 0.109 e. The van der Waals surface area contributed by atoms with Gasteiger partial charge in [0.1, 0.15) is 5.76 Å². The first-order valence-corrected chi connectivity index (χ1v) is 7.05. The minimum Gasteiger partial charge on any atom is -0.497 e. The molecule has 0 aliphatic carbocycles. The zero-order valence-electron chi connectivity index (χ0n) is 10.9. The number of allylic oxidation sites excluding steroid dienone is 1. The fourth-order valence-electron chi connectivity index (χ4n) is 2.64. The van der Waals surface area contributed by atoms with Crippen LogP contribution >= 0.6 is 0 Å². The highest BCUT2D eigenvalue weighted by atomic mass is 16.5. The van der Waals surface area contributed by atoms with Crippen molar-refractivity contribution in [3.05, 3.63) is 11.8 Å². The van der Waals surface area contributed by atoms with Crippen LogP contribution in [0.25, 0.3) is 0 Å². The summed E-state index contributed by atoms with van der Waals surface area (Å²) < 4.78 is 11.3. The second kappa shape index (κ2) is 7.02. The molecule has 2 aliphatic rings. The molecule has 1 fully saturated rings. The largest absolute Gasteiger partial charge is 0.497 e. The Morgan fingerprint density at radius 1 is 1.35 bits per heavy atom. The van der Waals surface area contributed by atoms with E-state index in [1.807, 2.05) is 0 Å². The summed E-state index contributed by atoms with van der Waals surface area (Å²) in [4.78, 5) is 0. The van der Waals surface area contributed by atoms with E-state index in [2.05, 4.69) is 18.3 Å². The predicted molar refractivity (Wildman–Crippen MR) is 68.9 cm³/mol. The molecule has 2 rings (SSSR count). The van der Waals surface area contributed by atoms with E-state index in [4.69, 9.17) is 9.47 Å². The van der Waals surface area contributed by atoms with Crippen molar-refractivity contribution in [3.8, 4) is 0 Å². The molecule has 2 aliphatic heterocycles. The normalized spacial score (nSPS) is 23.9. The number of nitrogens with one attached hydrogen (secondary N) is 1. The Hall–Kier alpha value is -0.540. The monoisotopic (exact) mass is 239 g/mol. The second-order valence-corrected chi connectivity index (χ2v) is 4.98. The second-order valence-electron chi connectivity index (χ2n) is 4.98. The molecule has 98 valence electrons. The molecular weight excluding hydrogens is 214 g/mol. The number of ether oxygens (including phenoxy) is 2. The number of hydrogen-bond acceptors (Lipinski definition) is 3. The Morgan fingerprint density at radius 2 is 2.18 bits per heavy atom. The van der Waals surface area contributed by atoms with Crippen molar-refractivity contribution in [1.29, 1.82) is 0 Å². The van der Waals surface area contributed by atoms with Crippen molar-refractivity contribution in [1.82, 2.24) is 5.32 Å². The first kappa shape index (κ1) is 12.9. The van der Waals surface area contributed by atoms with Crippen LogP contribution in [0.15, 0.2) is 11.8 Å². The third-order valence-electron chi connectivity index (χ3n) is 3.62. The molecule has 0 aromatic heterocycles. The molecule has 1 N–H and O–H groups in total. The Morgan fingerprint density at radius 3 is 2.82 bits per heavy atom. The average molecular weight is 239 g/mol. The van der Waals surface area contributed by atoms with Gasteiger partial charge < -0.3 is 14.8 Å². The maximum atomic E-state index is 5.85. The first-order chi connectivity index (χ1) is 8.42. The summed E-state index contributed by atoms with van der Waals surface area (Å²) >= 11 is 0. The van der Waals surface area contributed by atoms with E-state index in [0.29, 0.717) is 12.0 Å². The molecular formula is C14H25NO2. The van der Waals surface area contributed by atoms with Crippen LogP contribution in [0.1, 0.15) is 39.0 Å². The molecule has 0 aromatic rings. The van der Waals surface area contributed by atoms with E-state index >= 15 is 0 Å². The Kier molecular flexibility index (Phi) is 5.33. The van der Waals surface area contributed by atoms with Crippen LogP contribution < -0.4 is 5.32 Å². The standard InChI is InChI=1S/C14H25NO2/c1-2-8-15-14(12-6-10-16-11-7-12)13-5-3-4-9-17-13/h5,12,14-15H,2-4,6-11H2,1H3. The van der Waals surface area contributed by atoms with Gasteiger partial charge in [0, 0.05) is 13.2 Å². The summed E-state index contributed by atoms with van der Waals surface area (Å²) in [6.45, 7) is 5.98. The highest BCUT2D eigenvalue weighted by Gasteiger charge is 2.28. The molecule has 1 saturated heterocycles. The van der Waals surface area contributed by atoms with Crippen molar-refractivity contribution < 1.29 is 9.47 Å². The molecule has 1 unspecified atom stereocenters. The fourth-order valence-corrected chi connectivity index (χ4v) is 2.64. The lowest BCUT2D eigenvalue weighted by molar-refractivity contribution is 0.0461. The lowest BCUT2D eigenvalue weighted by Crippen LogP contribution is -2.42. The van der Waals surface area contributed by atoms with Gasteiger partial charge in [0.05, 0.1) is 12.6 Å². The van der Waals surface area contributed by atoms with Gasteiger partial charge in [-0.15, -0.1) is 0 Å². The zero-order valence-corrected chi connectivity index (χ0v) is 10.9. The highest BCUT2D eigenvalue weighted by molar-refractivity contribution is 5.08. The molecule has 0 aromatic carbocycles. The van der Waals surface area contributed by atoms with E-state index in [0.717, 1.165) is 45.6 Å². The third-order valence-corrected chi connectivity index (χ3v) is 3.62. The topological polar surface area (TPSA) is 30.5 Å². The quantitative estimate of drug-likeness (QED) is 0.799. The van der Waals surface area contributed by atoms with Crippen molar-refractivity contribution in [2.45, 2.75) is 45.1 Å². The first-order valence-electron chi connectivity index (χ1n) is 7.05. The number of rotatable bonds is 5. The van der Waals surface area contributed by atoms with Gasteiger partial charge >= 0.3 is 0 Å². The molecule has 0 saturated carbocycles. The van der Waals surface area contributed by atoms with Crippen molar-refractivity contribution >= 4 is 0 Å². The Bertz CT molecular complexity index is 247. The van der Waals surface area contributed by atoms with E-state index in [9.17, 15) is 0 Å². The van der Waals surface area contributed by atoms with Crippen LogP contribution in [-0.4, -0.2) is 32.4 Å². The van der Waals surface area contributed by atoms with Gasteiger partial charge in [-0.2, -0.15) is 0 Å². The van der Waals surface area contributed by atoms with Crippen LogP contribution in [0.5, 0.6) is 0 Å². The maximum Gasteiger partial charge on any atom is 0.109 e. The van der Waals surface area contributed by atoms with Crippen molar-refractivity contribution in [3.63, 3.8) is 0 Å². The van der Waals surface area contributed by atoms with Gasteiger partial charge in [0.15, 0.2) is 0 Å². The lowest BCUT2D eigenvalue weighted by Gasteiger charge is -2.33. The van der Waals surface area contributed by atoms with Gasteiger partial charge in [0.2, 0.25) is 0 Å². The molecule has 0 bridgehead atoms. The molecule has 0 spiro atoms. The van der Waals surface area contributed by atoms with Gasteiger partial charge in [-0.3, -0.25) is 0 Å². The van der Waals surface area contributed by atoms with Gasteiger partial charge in [-0.05, 0) is 50.6 Å². The molecule has 3 nitrogen and oxygen atoms in total. The third kappa shape index (κ3) is 3.71. The van der Waals surface area contributed by atoms with E-state index in [1.165, 1.54) is 18.6 Å². The summed E-state index contributed by atoms with van der Waals surface area (Å²) in [6.07, 6.45) is 8.10. The van der Waals surface area contributed by atoms with Gasteiger partial charge in [-0.25, -0.2) is 0 Å². The van der Waals surface area contributed by atoms with Gasteiger partial charge in [0.25, 0.3) is 0 Å². The zero-order chi connectivity index (χ0) is 11.9. The van der Waals surface area contributed by atoms with Crippen molar-refractivity contribution in [2.75, 3.05) is 26.4 Å². The SMILES string of the molecule is CCCNC(C1=CCCCO1)C1CCOCC1. The van der Waals surface area contributed by atoms with Crippen LogP contribution in [0, 0.1) is 5.92 Å². The maximum absolute atomic E-state index is 5.85. The summed E-state index contributed by atoms with van der Waals surface area (Å²) in [6, 6.07) is 0.416. The van der Waals surface area contributed by atoms with Crippen molar-refractivity contribution in [2.24, 2.45) is 5.92 Å². The summed E-state index contributed by atoms with van der Waals surface area (Å²) in [5, 5.41) is 3.66. The summed E-state index contributed by atoms with van der Waals surface area (Å²) in [7, 11) is 0. The minimum absolute atomic E-state index is 0.416. The van der Waals surface area contributed by atoms with E-state index in [-0.39, 0.29) is 0 Å². The fraction of sp³-hybridized carbons (Fsp3) is 0.857. The molecule has 0 amide bonds. The predicted octanol–water partition coefficient (Wildman–Crippen LogP) is 2.48. The number of hydrogen-bond donors (Lipinski definition) is 1. The Balaban J connectivity index is 1.97. The summed E-state index contributed by atoms with van der Waals surface area (Å²) in [5.41, 5.74) is 0. The Labute approximate surface area is 105 Å². The highest BCUT2D eigenvalue weighted by Crippen LogP contribution is 2.26. The van der Waals surface area contributed by atoms with Crippen LogP contribution in [0.2, 0.25) is 0 Å². The van der Waals surface area contributed by atoms with E-state index < -0.39 is 0 Å². The van der Waals surface area contributed by atoms with Crippen LogP contribution in [-0.2, 0) is 9.47 Å². The van der Waals surface area contributed by atoms with Crippen LogP contribution in [0.3, 0.4) is 0 Å². The van der Waals surface area contributed by atoms with E-state index in [1.54, 1.807) is 0 Å². The molecule has 0 radical (unpaired) electrons. The van der Waals surface area contributed by atoms with Gasteiger partial charge in [-0.1, -0.05) is 6.92 Å². The average Bonchev–Trinajstić information content (AvgIpc) is 2.42. The lowest BCUT2D eigenvalue weighted by atomic mass is 9.89. The summed E-state index contributed by atoms with van der Waals surface area (Å²) in [5.74, 6) is 1.87.